The van der Waals surface area contributed by atoms with Gasteiger partial charge in [-0.3, -0.25) is 9.18 Å². The van der Waals surface area contributed by atoms with Gasteiger partial charge < -0.3 is 5.11 Å². The fraction of sp³-hybridized carbons (Fsp3) is 0.900. The second kappa shape index (κ2) is 5.77. The topological polar surface area (TPSA) is 74.7 Å². The number of carboxylic acid groups (broad SMARTS) is 1. The van der Waals surface area contributed by atoms with E-state index in [1.165, 1.54) is 4.31 Å². The van der Waals surface area contributed by atoms with Crippen molar-refractivity contribution in [2.75, 3.05) is 19.0 Å². The molecule has 0 aromatic rings. The van der Waals surface area contributed by atoms with Crippen LogP contribution in [0.5, 0.6) is 0 Å². The number of hydrogen-bond donors (Lipinski definition) is 1. The molecule has 0 radical (unpaired) electrons. The fourth-order valence-electron chi connectivity index (χ4n) is 2.19. The highest BCUT2D eigenvalue weighted by molar-refractivity contribution is 7.89. The molecule has 0 bridgehead atoms. The number of sulfonamides is 1. The molecule has 1 fully saturated rings. The van der Waals surface area contributed by atoms with Gasteiger partial charge in [-0.2, -0.15) is 4.31 Å². The van der Waals surface area contributed by atoms with Crippen LogP contribution in [0, 0.1) is 5.92 Å². The van der Waals surface area contributed by atoms with Gasteiger partial charge in [0.25, 0.3) is 0 Å². The van der Waals surface area contributed by atoms with Crippen LogP contribution < -0.4 is 0 Å². The molecule has 1 heterocycles. The van der Waals surface area contributed by atoms with Gasteiger partial charge in [0.15, 0.2) is 0 Å². The molecule has 1 N–H and O–H groups in total. The number of halogens is 1. The standard InChI is InChI=1S/C10H18FNO4S/c1-8-9(10(13)14)4-2-6-12(8)17(15,16)7-3-5-11/h8-9H,2-7H2,1H3,(H,13,14)/t8-,9-/m1/s1. The second-order valence-corrected chi connectivity index (χ2v) is 6.34. The third kappa shape index (κ3) is 3.38. The number of carbonyl (C=O) groups is 1. The summed E-state index contributed by atoms with van der Waals surface area (Å²) >= 11 is 0. The van der Waals surface area contributed by atoms with E-state index in [2.05, 4.69) is 0 Å². The molecule has 0 saturated carbocycles. The van der Waals surface area contributed by atoms with E-state index in [-0.39, 0.29) is 12.2 Å². The van der Waals surface area contributed by atoms with E-state index in [0.29, 0.717) is 19.4 Å². The average molecular weight is 267 g/mol. The highest BCUT2D eigenvalue weighted by atomic mass is 32.2. The van der Waals surface area contributed by atoms with E-state index in [1.54, 1.807) is 6.92 Å². The van der Waals surface area contributed by atoms with Crippen molar-refractivity contribution in [3.05, 3.63) is 0 Å². The predicted octanol–water partition coefficient (Wildman–Crippen LogP) is 0.861. The Kier molecular flexibility index (Phi) is 4.88. The molecule has 7 heteroatoms. The zero-order valence-electron chi connectivity index (χ0n) is 9.80. The molecule has 0 amide bonds. The molecule has 1 saturated heterocycles. The monoisotopic (exact) mass is 267 g/mol. The number of rotatable bonds is 5. The van der Waals surface area contributed by atoms with Gasteiger partial charge in [-0.05, 0) is 26.2 Å². The lowest BCUT2D eigenvalue weighted by Crippen LogP contribution is -2.49. The lowest BCUT2D eigenvalue weighted by Gasteiger charge is -2.36. The van der Waals surface area contributed by atoms with E-state index >= 15 is 0 Å². The van der Waals surface area contributed by atoms with Gasteiger partial charge in [0.05, 0.1) is 18.3 Å². The first-order chi connectivity index (χ1) is 7.90. The van der Waals surface area contributed by atoms with Crippen molar-refractivity contribution in [1.29, 1.82) is 0 Å². The number of aliphatic carboxylic acids is 1. The Morgan fingerprint density at radius 3 is 2.71 bits per heavy atom. The highest BCUT2D eigenvalue weighted by Crippen LogP contribution is 2.26. The maximum atomic E-state index is 12.0. The largest absolute Gasteiger partial charge is 0.481 e. The first kappa shape index (κ1) is 14.4. The maximum Gasteiger partial charge on any atom is 0.308 e. The van der Waals surface area contributed by atoms with E-state index in [4.69, 9.17) is 5.11 Å². The quantitative estimate of drug-likeness (QED) is 0.801. The van der Waals surface area contributed by atoms with Crippen LogP contribution in [0.1, 0.15) is 26.2 Å². The summed E-state index contributed by atoms with van der Waals surface area (Å²) in [4.78, 5) is 11.0. The van der Waals surface area contributed by atoms with Gasteiger partial charge in [0, 0.05) is 12.6 Å². The number of piperidine rings is 1. The Morgan fingerprint density at radius 2 is 2.18 bits per heavy atom. The summed E-state index contributed by atoms with van der Waals surface area (Å²) in [5.41, 5.74) is 0. The van der Waals surface area contributed by atoms with Crippen molar-refractivity contribution in [3.8, 4) is 0 Å². The smallest absolute Gasteiger partial charge is 0.308 e. The van der Waals surface area contributed by atoms with Crippen molar-refractivity contribution in [2.24, 2.45) is 5.92 Å². The summed E-state index contributed by atoms with van der Waals surface area (Å²) in [6.45, 7) is 1.26. The van der Waals surface area contributed by atoms with Gasteiger partial charge in [0.1, 0.15) is 0 Å². The minimum absolute atomic E-state index is 0.0384. The molecule has 2 atom stereocenters. The van der Waals surface area contributed by atoms with Gasteiger partial charge in [0.2, 0.25) is 10.0 Å². The summed E-state index contributed by atoms with van der Waals surface area (Å²) in [6, 6.07) is -0.550. The number of hydrogen-bond acceptors (Lipinski definition) is 3. The van der Waals surface area contributed by atoms with Crippen LogP contribution in [-0.4, -0.2) is 48.8 Å². The van der Waals surface area contributed by atoms with Crippen molar-refractivity contribution in [3.63, 3.8) is 0 Å². The van der Waals surface area contributed by atoms with Gasteiger partial charge in [-0.25, -0.2) is 8.42 Å². The number of nitrogens with zero attached hydrogens (tertiary/aromatic N) is 1. The van der Waals surface area contributed by atoms with E-state index in [1.807, 2.05) is 0 Å². The van der Waals surface area contributed by atoms with Crippen molar-refractivity contribution >= 4 is 16.0 Å². The Balaban J connectivity index is 2.79. The first-order valence-electron chi connectivity index (χ1n) is 5.68. The lowest BCUT2D eigenvalue weighted by atomic mass is 9.92. The molecule has 1 aliphatic heterocycles. The molecule has 0 spiro atoms. The zero-order chi connectivity index (χ0) is 13.1. The van der Waals surface area contributed by atoms with Crippen molar-refractivity contribution < 1.29 is 22.7 Å². The fourth-order valence-corrected chi connectivity index (χ4v) is 3.96. The molecule has 0 unspecified atom stereocenters. The molecule has 0 aromatic carbocycles. The van der Waals surface area contributed by atoms with E-state index < -0.39 is 34.6 Å². The Morgan fingerprint density at radius 1 is 1.53 bits per heavy atom. The molecule has 5 nitrogen and oxygen atoms in total. The first-order valence-corrected chi connectivity index (χ1v) is 7.29. The summed E-state index contributed by atoms with van der Waals surface area (Å²) in [5, 5.41) is 8.99. The predicted molar refractivity (Wildman–Crippen MR) is 60.9 cm³/mol. The summed E-state index contributed by atoms with van der Waals surface area (Å²) in [7, 11) is -3.53. The van der Waals surface area contributed by atoms with Crippen LogP contribution in [-0.2, 0) is 14.8 Å². The lowest BCUT2D eigenvalue weighted by molar-refractivity contribution is -0.144. The molecule has 1 aliphatic rings. The third-order valence-corrected chi connectivity index (χ3v) is 5.17. The Bertz CT molecular complexity index is 371. The molecule has 17 heavy (non-hydrogen) atoms. The molecular weight excluding hydrogens is 249 g/mol. The van der Waals surface area contributed by atoms with Crippen LogP contribution >= 0.6 is 0 Å². The average Bonchev–Trinajstić information content (AvgIpc) is 2.26. The van der Waals surface area contributed by atoms with Gasteiger partial charge in [-0.1, -0.05) is 0 Å². The van der Waals surface area contributed by atoms with Gasteiger partial charge in [-0.15, -0.1) is 0 Å². The van der Waals surface area contributed by atoms with Crippen molar-refractivity contribution in [1.82, 2.24) is 4.31 Å². The number of carboxylic acids is 1. The normalized spacial score (nSPS) is 26.9. The summed E-state index contributed by atoms with van der Waals surface area (Å²) in [6.07, 6.45) is 0.991. The van der Waals surface area contributed by atoms with Crippen LogP contribution in [0.25, 0.3) is 0 Å². The van der Waals surface area contributed by atoms with Crippen molar-refractivity contribution in [2.45, 2.75) is 32.2 Å². The molecule has 100 valence electrons. The molecule has 0 aliphatic carbocycles. The number of alkyl halides is 1. The summed E-state index contributed by atoms with van der Waals surface area (Å²) < 4.78 is 37.0. The van der Waals surface area contributed by atoms with Crippen LogP contribution in [0.15, 0.2) is 0 Å². The molecule has 1 rings (SSSR count). The summed E-state index contributed by atoms with van der Waals surface area (Å²) in [5.74, 6) is -1.88. The van der Waals surface area contributed by atoms with Crippen LogP contribution in [0.3, 0.4) is 0 Å². The maximum absolute atomic E-state index is 12.0. The zero-order valence-corrected chi connectivity index (χ0v) is 10.6. The van der Waals surface area contributed by atoms with Gasteiger partial charge >= 0.3 is 5.97 Å². The minimum Gasteiger partial charge on any atom is -0.481 e. The molecule has 0 aromatic heterocycles. The van der Waals surface area contributed by atoms with Crippen LogP contribution in [0.2, 0.25) is 0 Å². The SMILES string of the molecule is C[C@@H]1[C@H](C(=O)O)CCCN1S(=O)(=O)CCCF. The molecular formula is C10H18FNO4S. The Labute approximate surface area is 101 Å². The minimum atomic E-state index is -3.53. The Hall–Kier alpha value is -0.690. The highest BCUT2D eigenvalue weighted by Gasteiger charge is 2.38. The van der Waals surface area contributed by atoms with E-state index in [9.17, 15) is 17.6 Å². The third-order valence-electron chi connectivity index (χ3n) is 3.14. The van der Waals surface area contributed by atoms with E-state index in [0.717, 1.165) is 0 Å². The van der Waals surface area contributed by atoms with Crippen LogP contribution in [0.4, 0.5) is 4.39 Å². The second-order valence-electron chi connectivity index (χ2n) is 4.30.